The van der Waals surface area contributed by atoms with Crippen molar-refractivity contribution in [3.8, 4) is 0 Å². The second-order valence-electron chi connectivity index (χ2n) is 6.08. The molecule has 136 valence electrons. The predicted octanol–water partition coefficient (Wildman–Crippen LogP) is 3.05. The van der Waals surface area contributed by atoms with Gasteiger partial charge in [0.15, 0.2) is 6.61 Å². The molecule has 0 aliphatic heterocycles. The first kappa shape index (κ1) is 19.2. The van der Waals surface area contributed by atoms with Crippen molar-refractivity contribution in [2.45, 2.75) is 27.2 Å². The SMILES string of the molecule is Cc1ccc(NC(=O)NC(=O)COC(=O)Cc2ccccc2C)c(C)c1. The molecule has 0 saturated heterocycles. The van der Waals surface area contributed by atoms with Gasteiger partial charge in [-0.2, -0.15) is 0 Å². The maximum atomic E-state index is 11.9. The number of ether oxygens (including phenoxy) is 1. The molecule has 6 nitrogen and oxygen atoms in total. The van der Waals surface area contributed by atoms with E-state index < -0.39 is 24.5 Å². The molecule has 0 saturated carbocycles. The van der Waals surface area contributed by atoms with E-state index in [4.69, 9.17) is 4.74 Å². The van der Waals surface area contributed by atoms with Crippen LogP contribution in [0.2, 0.25) is 0 Å². The molecule has 0 atom stereocenters. The van der Waals surface area contributed by atoms with Crippen LogP contribution in [0.4, 0.5) is 10.5 Å². The average Bonchev–Trinajstić information content (AvgIpc) is 2.58. The number of nitrogens with one attached hydrogen (secondary N) is 2. The Balaban J connectivity index is 1.78. The van der Waals surface area contributed by atoms with Crippen molar-refractivity contribution in [3.63, 3.8) is 0 Å². The van der Waals surface area contributed by atoms with Gasteiger partial charge in [0.05, 0.1) is 6.42 Å². The van der Waals surface area contributed by atoms with Gasteiger partial charge in [-0.1, -0.05) is 42.0 Å². The number of carbonyl (C=O) groups excluding carboxylic acids is 3. The zero-order valence-corrected chi connectivity index (χ0v) is 15.1. The molecule has 26 heavy (non-hydrogen) atoms. The van der Waals surface area contributed by atoms with Gasteiger partial charge in [0.25, 0.3) is 5.91 Å². The second kappa shape index (κ2) is 8.80. The smallest absolute Gasteiger partial charge is 0.325 e. The number of rotatable bonds is 5. The van der Waals surface area contributed by atoms with Gasteiger partial charge in [-0.25, -0.2) is 4.79 Å². The van der Waals surface area contributed by atoms with Crippen molar-refractivity contribution in [2.24, 2.45) is 0 Å². The van der Waals surface area contributed by atoms with Crippen molar-refractivity contribution in [1.29, 1.82) is 0 Å². The number of anilines is 1. The monoisotopic (exact) mass is 354 g/mol. The highest BCUT2D eigenvalue weighted by Crippen LogP contribution is 2.15. The Labute approximate surface area is 152 Å². The molecule has 0 aliphatic carbocycles. The van der Waals surface area contributed by atoms with E-state index in [1.165, 1.54) is 0 Å². The first-order valence-electron chi connectivity index (χ1n) is 8.23. The summed E-state index contributed by atoms with van der Waals surface area (Å²) in [6, 6.07) is 12.3. The fraction of sp³-hybridized carbons (Fsp3) is 0.250. The van der Waals surface area contributed by atoms with Crippen molar-refractivity contribution in [1.82, 2.24) is 5.32 Å². The second-order valence-corrected chi connectivity index (χ2v) is 6.08. The van der Waals surface area contributed by atoms with Crippen LogP contribution < -0.4 is 10.6 Å². The molecular formula is C20H22N2O4. The molecule has 3 amide bonds. The van der Waals surface area contributed by atoms with Gasteiger partial charge >= 0.3 is 12.0 Å². The third-order valence-electron chi connectivity index (χ3n) is 3.84. The number of urea groups is 1. The number of carbonyl (C=O) groups is 3. The normalized spacial score (nSPS) is 10.1. The molecular weight excluding hydrogens is 332 g/mol. The Morgan fingerprint density at radius 3 is 2.38 bits per heavy atom. The highest BCUT2D eigenvalue weighted by Gasteiger charge is 2.13. The number of hydrogen-bond acceptors (Lipinski definition) is 4. The van der Waals surface area contributed by atoms with Crippen LogP contribution >= 0.6 is 0 Å². The molecule has 6 heteroatoms. The maximum absolute atomic E-state index is 11.9. The Bertz CT molecular complexity index is 830. The first-order chi connectivity index (χ1) is 12.3. The molecule has 0 radical (unpaired) electrons. The summed E-state index contributed by atoms with van der Waals surface area (Å²) in [7, 11) is 0. The van der Waals surface area contributed by atoms with Gasteiger partial charge in [-0.15, -0.1) is 0 Å². The van der Waals surface area contributed by atoms with Crippen molar-refractivity contribution >= 4 is 23.6 Å². The van der Waals surface area contributed by atoms with Gasteiger partial charge in [-0.3, -0.25) is 14.9 Å². The van der Waals surface area contributed by atoms with E-state index in [0.29, 0.717) is 5.69 Å². The summed E-state index contributed by atoms with van der Waals surface area (Å²) < 4.78 is 4.92. The van der Waals surface area contributed by atoms with Gasteiger partial charge in [0.2, 0.25) is 0 Å². The van der Waals surface area contributed by atoms with Gasteiger partial charge < -0.3 is 10.1 Å². The Morgan fingerprint density at radius 1 is 0.962 bits per heavy atom. The van der Waals surface area contributed by atoms with E-state index in [1.54, 1.807) is 6.07 Å². The topological polar surface area (TPSA) is 84.5 Å². The number of amides is 3. The average molecular weight is 354 g/mol. The maximum Gasteiger partial charge on any atom is 0.325 e. The van der Waals surface area contributed by atoms with Crippen LogP contribution in [0.25, 0.3) is 0 Å². The highest BCUT2D eigenvalue weighted by atomic mass is 16.5. The van der Waals surface area contributed by atoms with Crippen LogP contribution in [0.1, 0.15) is 22.3 Å². The fourth-order valence-electron chi connectivity index (χ4n) is 2.43. The van der Waals surface area contributed by atoms with E-state index in [0.717, 1.165) is 22.3 Å². The van der Waals surface area contributed by atoms with E-state index in [1.807, 2.05) is 57.2 Å². The van der Waals surface area contributed by atoms with E-state index >= 15 is 0 Å². The summed E-state index contributed by atoms with van der Waals surface area (Å²) in [6.07, 6.45) is 0.0781. The number of aryl methyl sites for hydroxylation is 3. The van der Waals surface area contributed by atoms with Crippen LogP contribution in [0.3, 0.4) is 0 Å². The molecule has 0 aromatic heterocycles. The van der Waals surface area contributed by atoms with Gasteiger partial charge in [0, 0.05) is 5.69 Å². The fourth-order valence-corrected chi connectivity index (χ4v) is 2.43. The van der Waals surface area contributed by atoms with E-state index in [-0.39, 0.29) is 6.42 Å². The minimum Gasteiger partial charge on any atom is -0.455 e. The summed E-state index contributed by atoms with van der Waals surface area (Å²) in [5, 5.41) is 4.73. The minimum absolute atomic E-state index is 0.0781. The van der Waals surface area contributed by atoms with Crippen molar-refractivity contribution < 1.29 is 19.1 Å². The quantitative estimate of drug-likeness (QED) is 0.808. The summed E-state index contributed by atoms with van der Waals surface area (Å²) in [5.41, 5.74) is 4.38. The lowest BCUT2D eigenvalue weighted by Gasteiger charge is -2.10. The van der Waals surface area contributed by atoms with Gasteiger partial charge in [0.1, 0.15) is 0 Å². The van der Waals surface area contributed by atoms with E-state index in [2.05, 4.69) is 10.6 Å². The number of esters is 1. The van der Waals surface area contributed by atoms with E-state index in [9.17, 15) is 14.4 Å². The van der Waals surface area contributed by atoms with Crippen LogP contribution in [-0.4, -0.2) is 24.5 Å². The molecule has 2 rings (SSSR count). The lowest BCUT2D eigenvalue weighted by molar-refractivity contribution is -0.147. The molecule has 0 heterocycles. The van der Waals surface area contributed by atoms with Crippen LogP contribution in [-0.2, 0) is 20.7 Å². The molecule has 2 N–H and O–H groups in total. The Morgan fingerprint density at radius 2 is 1.69 bits per heavy atom. The number of benzene rings is 2. The number of hydrogen-bond donors (Lipinski definition) is 2. The molecule has 0 aliphatic rings. The Hall–Kier alpha value is -3.15. The summed E-state index contributed by atoms with van der Waals surface area (Å²) in [5.74, 6) is -1.21. The summed E-state index contributed by atoms with van der Waals surface area (Å²) in [6.45, 7) is 5.20. The highest BCUT2D eigenvalue weighted by molar-refractivity contribution is 6.02. The van der Waals surface area contributed by atoms with Crippen LogP contribution in [0.5, 0.6) is 0 Å². The van der Waals surface area contributed by atoms with Crippen LogP contribution in [0.15, 0.2) is 42.5 Å². The first-order valence-corrected chi connectivity index (χ1v) is 8.23. The lowest BCUT2D eigenvalue weighted by atomic mass is 10.1. The third-order valence-corrected chi connectivity index (χ3v) is 3.84. The molecule has 0 bridgehead atoms. The minimum atomic E-state index is -0.689. The summed E-state index contributed by atoms with van der Waals surface area (Å²) in [4.78, 5) is 35.4. The van der Waals surface area contributed by atoms with Crippen molar-refractivity contribution in [3.05, 3.63) is 64.7 Å². The van der Waals surface area contributed by atoms with Gasteiger partial charge in [-0.05, 0) is 43.5 Å². The largest absolute Gasteiger partial charge is 0.455 e. The Kier molecular flexibility index (Phi) is 6.49. The summed E-state index contributed by atoms with van der Waals surface area (Å²) >= 11 is 0. The molecule has 0 fully saturated rings. The van der Waals surface area contributed by atoms with Crippen LogP contribution in [0, 0.1) is 20.8 Å². The standard InChI is InChI=1S/C20H22N2O4/c1-13-8-9-17(15(3)10-13)21-20(25)22-18(23)12-26-19(24)11-16-7-5-4-6-14(16)2/h4-10H,11-12H2,1-3H3,(H2,21,22,23,25). The molecule has 2 aromatic carbocycles. The van der Waals surface area contributed by atoms with Crippen molar-refractivity contribution in [2.75, 3.05) is 11.9 Å². The molecule has 0 spiro atoms. The molecule has 2 aromatic rings. The third kappa shape index (κ3) is 5.73. The predicted molar refractivity (Wildman–Crippen MR) is 98.9 cm³/mol. The lowest BCUT2D eigenvalue weighted by Crippen LogP contribution is -2.37. The zero-order chi connectivity index (χ0) is 19.1. The molecule has 0 unspecified atom stereocenters. The zero-order valence-electron chi connectivity index (χ0n) is 15.1. The number of imide groups is 1.